The summed E-state index contributed by atoms with van der Waals surface area (Å²) in [6, 6.07) is 1.16. The standard InChI is InChI=1S/C9H5Cl2NO5/c10-5-1-4(3-12-8(5)11)9(16)17-7(15)2-6(13)14/h1,3H,2H2,(H,13,14). The maximum absolute atomic E-state index is 11.3. The molecular weight excluding hydrogens is 273 g/mol. The topological polar surface area (TPSA) is 93.6 Å². The van der Waals surface area contributed by atoms with Gasteiger partial charge in [-0.1, -0.05) is 23.2 Å². The van der Waals surface area contributed by atoms with Crippen molar-refractivity contribution < 1.29 is 24.2 Å². The summed E-state index contributed by atoms with van der Waals surface area (Å²) in [6.07, 6.45) is 0.158. The van der Waals surface area contributed by atoms with Gasteiger partial charge >= 0.3 is 17.9 Å². The highest BCUT2D eigenvalue weighted by atomic mass is 35.5. The molecule has 0 aromatic carbocycles. The molecule has 0 saturated carbocycles. The van der Waals surface area contributed by atoms with Gasteiger partial charge in [-0.25, -0.2) is 9.78 Å². The molecule has 0 atom stereocenters. The van der Waals surface area contributed by atoms with E-state index < -0.39 is 24.3 Å². The SMILES string of the molecule is O=C(O)CC(=O)OC(=O)c1cnc(Cl)c(Cl)c1. The van der Waals surface area contributed by atoms with Crippen LogP contribution in [-0.2, 0) is 14.3 Å². The van der Waals surface area contributed by atoms with Crippen LogP contribution in [0.5, 0.6) is 0 Å². The van der Waals surface area contributed by atoms with Crippen molar-refractivity contribution in [1.82, 2.24) is 4.98 Å². The molecular formula is C9H5Cl2NO5. The summed E-state index contributed by atoms with van der Waals surface area (Å²) in [5.74, 6) is -3.61. The molecule has 1 aromatic rings. The number of aliphatic carboxylic acids is 1. The minimum Gasteiger partial charge on any atom is -0.481 e. The summed E-state index contributed by atoms with van der Waals surface area (Å²) < 4.78 is 4.24. The van der Waals surface area contributed by atoms with Gasteiger partial charge in [0.1, 0.15) is 11.6 Å². The Labute approximate surface area is 105 Å². The second-order valence-electron chi connectivity index (χ2n) is 2.83. The van der Waals surface area contributed by atoms with Crippen molar-refractivity contribution >= 4 is 41.1 Å². The highest BCUT2D eigenvalue weighted by molar-refractivity contribution is 6.41. The zero-order valence-electron chi connectivity index (χ0n) is 8.15. The minimum atomic E-state index is -1.39. The van der Waals surface area contributed by atoms with Gasteiger partial charge in [0.15, 0.2) is 0 Å². The molecule has 1 heterocycles. The first-order valence-electron chi connectivity index (χ1n) is 4.18. The number of carbonyl (C=O) groups excluding carboxylic acids is 2. The van der Waals surface area contributed by atoms with Gasteiger partial charge < -0.3 is 9.84 Å². The number of nitrogens with zero attached hydrogens (tertiary/aromatic N) is 1. The first kappa shape index (κ1) is 13.4. The third-order valence-corrected chi connectivity index (χ3v) is 2.22. The van der Waals surface area contributed by atoms with E-state index >= 15 is 0 Å². The van der Waals surface area contributed by atoms with Gasteiger partial charge in [0.25, 0.3) is 0 Å². The number of rotatable bonds is 3. The fraction of sp³-hybridized carbons (Fsp3) is 0.111. The molecule has 0 unspecified atom stereocenters. The van der Waals surface area contributed by atoms with E-state index in [1.54, 1.807) is 0 Å². The van der Waals surface area contributed by atoms with Crippen LogP contribution in [0, 0.1) is 0 Å². The molecule has 0 aliphatic carbocycles. The monoisotopic (exact) mass is 277 g/mol. The van der Waals surface area contributed by atoms with Gasteiger partial charge in [-0.2, -0.15) is 0 Å². The normalized spacial score (nSPS) is 9.76. The van der Waals surface area contributed by atoms with Gasteiger partial charge in [0.05, 0.1) is 10.6 Å². The largest absolute Gasteiger partial charge is 0.481 e. The molecule has 0 saturated heterocycles. The van der Waals surface area contributed by atoms with E-state index in [2.05, 4.69) is 9.72 Å². The zero-order chi connectivity index (χ0) is 13.0. The molecule has 0 radical (unpaired) electrons. The van der Waals surface area contributed by atoms with Crippen LogP contribution in [0.3, 0.4) is 0 Å². The number of esters is 2. The maximum atomic E-state index is 11.3. The van der Waals surface area contributed by atoms with Gasteiger partial charge in [-0.05, 0) is 6.07 Å². The average molecular weight is 278 g/mol. The van der Waals surface area contributed by atoms with E-state index in [0.717, 1.165) is 12.3 Å². The summed E-state index contributed by atoms with van der Waals surface area (Å²) in [5, 5.41) is 8.31. The van der Waals surface area contributed by atoms with Gasteiger partial charge in [0.2, 0.25) is 0 Å². The quantitative estimate of drug-likeness (QED) is 0.512. The first-order valence-corrected chi connectivity index (χ1v) is 4.93. The van der Waals surface area contributed by atoms with E-state index in [1.165, 1.54) is 0 Å². The highest BCUT2D eigenvalue weighted by Crippen LogP contribution is 2.20. The zero-order valence-corrected chi connectivity index (χ0v) is 9.66. The Bertz CT molecular complexity index is 488. The Morgan fingerprint density at radius 1 is 1.35 bits per heavy atom. The molecule has 0 spiro atoms. The Hall–Kier alpha value is -1.66. The van der Waals surface area contributed by atoms with E-state index in [1.807, 2.05) is 0 Å². The van der Waals surface area contributed by atoms with E-state index in [9.17, 15) is 14.4 Å². The number of carboxylic acids is 1. The number of hydrogen-bond acceptors (Lipinski definition) is 5. The lowest BCUT2D eigenvalue weighted by atomic mass is 10.3. The predicted octanol–water partition coefficient (Wildman–Crippen LogP) is 1.55. The third-order valence-electron chi connectivity index (χ3n) is 1.53. The van der Waals surface area contributed by atoms with Crippen LogP contribution in [-0.4, -0.2) is 28.0 Å². The maximum Gasteiger partial charge on any atom is 0.347 e. The Kier molecular flexibility index (Phi) is 4.42. The van der Waals surface area contributed by atoms with E-state index in [-0.39, 0.29) is 15.7 Å². The summed E-state index contributed by atoms with van der Waals surface area (Å²) in [5.41, 5.74) is -0.0989. The number of ether oxygens (including phenoxy) is 1. The molecule has 0 bridgehead atoms. The van der Waals surface area contributed by atoms with Crippen molar-refractivity contribution in [3.8, 4) is 0 Å². The van der Waals surface area contributed by atoms with Crippen LogP contribution in [0.25, 0.3) is 0 Å². The number of carboxylic acid groups (broad SMARTS) is 1. The minimum absolute atomic E-state index is 0.0000733. The fourth-order valence-electron chi connectivity index (χ4n) is 0.855. The van der Waals surface area contributed by atoms with Crippen molar-refractivity contribution in [1.29, 1.82) is 0 Å². The van der Waals surface area contributed by atoms with Crippen molar-refractivity contribution in [2.24, 2.45) is 0 Å². The second-order valence-corrected chi connectivity index (χ2v) is 3.59. The third kappa shape index (κ3) is 4.01. The number of hydrogen-bond donors (Lipinski definition) is 1. The fourth-order valence-corrected chi connectivity index (χ4v) is 1.12. The van der Waals surface area contributed by atoms with Crippen molar-refractivity contribution in [2.45, 2.75) is 6.42 Å². The average Bonchev–Trinajstić information content (AvgIpc) is 2.20. The molecule has 90 valence electrons. The van der Waals surface area contributed by atoms with Gasteiger partial charge in [0, 0.05) is 6.20 Å². The smallest absolute Gasteiger partial charge is 0.347 e. The molecule has 1 rings (SSSR count). The van der Waals surface area contributed by atoms with Crippen molar-refractivity contribution in [3.63, 3.8) is 0 Å². The molecule has 0 aliphatic heterocycles. The van der Waals surface area contributed by atoms with Crippen LogP contribution >= 0.6 is 23.2 Å². The van der Waals surface area contributed by atoms with Crippen LogP contribution in [0.2, 0.25) is 10.2 Å². The lowest BCUT2D eigenvalue weighted by Gasteiger charge is -2.02. The summed E-state index contributed by atoms with van der Waals surface area (Å²) in [7, 11) is 0. The second kappa shape index (κ2) is 5.60. The van der Waals surface area contributed by atoms with Crippen molar-refractivity contribution in [3.05, 3.63) is 28.0 Å². The highest BCUT2D eigenvalue weighted by Gasteiger charge is 2.17. The van der Waals surface area contributed by atoms with Gasteiger partial charge in [-0.15, -0.1) is 0 Å². The predicted molar refractivity (Wildman–Crippen MR) is 56.9 cm³/mol. The molecule has 0 aliphatic rings. The summed E-state index contributed by atoms with van der Waals surface area (Å²) in [6.45, 7) is 0. The molecule has 6 nitrogen and oxygen atoms in total. The number of halogens is 2. The molecule has 1 aromatic heterocycles. The molecule has 17 heavy (non-hydrogen) atoms. The Balaban J connectivity index is 2.73. The molecule has 8 heteroatoms. The Morgan fingerprint density at radius 2 is 2.00 bits per heavy atom. The molecule has 0 fully saturated rings. The number of carbonyl (C=O) groups is 3. The first-order chi connectivity index (χ1) is 7.90. The van der Waals surface area contributed by atoms with Crippen molar-refractivity contribution in [2.75, 3.05) is 0 Å². The number of aromatic nitrogens is 1. The summed E-state index contributed by atoms with van der Waals surface area (Å²) in [4.78, 5) is 35.9. The number of pyridine rings is 1. The lowest BCUT2D eigenvalue weighted by molar-refractivity contribution is -0.147. The van der Waals surface area contributed by atoms with Crippen LogP contribution in [0.4, 0.5) is 0 Å². The van der Waals surface area contributed by atoms with Crippen LogP contribution in [0.15, 0.2) is 12.3 Å². The van der Waals surface area contributed by atoms with Crippen LogP contribution in [0.1, 0.15) is 16.8 Å². The Morgan fingerprint density at radius 3 is 2.53 bits per heavy atom. The van der Waals surface area contributed by atoms with Gasteiger partial charge in [-0.3, -0.25) is 9.59 Å². The lowest BCUT2D eigenvalue weighted by Crippen LogP contribution is -2.16. The van der Waals surface area contributed by atoms with E-state index in [0.29, 0.717) is 0 Å². The molecule has 0 amide bonds. The van der Waals surface area contributed by atoms with Crippen LogP contribution < -0.4 is 0 Å². The van der Waals surface area contributed by atoms with E-state index in [4.69, 9.17) is 28.3 Å². The molecule has 1 N–H and O–H groups in total. The summed E-state index contributed by atoms with van der Waals surface area (Å²) >= 11 is 11.1.